The molecule has 0 aromatic carbocycles. The molecule has 19 heavy (non-hydrogen) atoms. The van der Waals surface area contributed by atoms with Crippen molar-refractivity contribution in [2.75, 3.05) is 13.2 Å². The van der Waals surface area contributed by atoms with Crippen LogP contribution in [0.4, 0.5) is 0 Å². The summed E-state index contributed by atoms with van der Waals surface area (Å²) in [4.78, 5) is 18.1. The third-order valence-electron chi connectivity index (χ3n) is 2.99. The molecule has 2 heterocycles. The summed E-state index contributed by atoms with van der Waals surface area (Å²) >= 11 is 0. The summed E-state index contributed by atoms with van der Waals surface area (Å²) in [5, 5.41) is 9.04. The predicted octanol–water partition coefficient (Wildman–Crippen LogP) is 1.72. The van der Waals surface area contributed by atoms with Crippen molar-refractivity contribution in [2.24, 2.45) is 5.41 Å². The number of nitriles is 1. The third kappa shape index (κ3) is 2.68. The van der Waals surface area contributed by atoms with Crippen LogP contribution in [0, 0.1) is 16.7 Å². The van der Waals surface area contributed by atoms with Gasteiger partial charge in [0.1, 0.15) is 24.0 Å². The first-order valence-corrected chi connectivity index (χ1v) is 6.22. The van der Waals surface area contributed by atoms with E-state index < -0.39 is 5.41 Å². The van der Waals surface area contributed by atoms with Gasteiger partial charge in [0, 0.05) is 23.4 Å². The normalized spacial score (nSPS) is 14.9. The van der Waals surface area contributed by atoms with E-state index in [-0.39, 0.29) is 5.91 Å². The summed E-state index contributed by atoms with van der Waals surface area (Å²) in [6, 6.07) is 2.07. The Bertz CT molecular complexity index is 541. The van der Waals surface area contributed by atoms with Crippen molar-refractivity contribution in [1.29, 1.82) is 5.26 Å². The zero-order chi connectivity index (χ0) is 14.0. The molecule has 1 amide bonds. The Morgan fingerprint density at radius 3 is 2.84 bits per heavy atom. The fourth-order valence-corrected chi connectivity index (χ4v) is 2.04. The second-order valence-electron chi connectivity index (χ2n) is 5.61. The maximum Gasteiger partial charge on any atom is 0.228 e. The largest absolute Gasteiger partial charge is 0.490 e. The average molecular weight is 259 g/mol. The predicted molar refractivity (Wildman–Crippen MR) is 69.3 cm³/mol. The van der Waals surface area contributed by atoms with Crippen LogP contribution in [0.3, 0.4) is 0 Å². The van der Waals surface area contributed by atoms with E-state index in [0.29, 0.717) is 31.0 Å². The molecule has 1 aromatic heterocycles. The number of pyridine rings is 1. The van der Waals surface area contributed by atoms with Gasteiger partial charge in [0.2, 0.25) is 5.91 Å². The topological polar surface area (TPSA) is 66.2 Å². The Hall–Kier alpha value is -2.09. The first-order valence-electron chi connectivity index (χ1n) is 6.22. The number of amides is 1. The van der Waals surface area contributed by atoms with Crippen molar-refractivity contribution in [1.82, 2.24) is 9.88 Å². The Labute approximate surface area is 112 Å². The summed E-state index contributed by atoms with van der Waals surface area (Å²) in [7, 11) is 0. The molecule has 0 spiro atoms. The summed E-state index contributed by atoms with van der Waals surface area (Å²) in [5.41, 5.74) is 0.779. The molecule has 0 saturated carbocycles. The minimum Gasteiger partial charge on any atom is -0.490 e. The van der Waals surface area contributed by atoms with Crippen molar-refractivity contribution in [3.8, 4) is 11.8 Å². The highest BCUT2D eigenvalue weighted by molar-refractivity contribution is 5.81. The lowest BCUT2D eigenvalue weighted by atomic mass is 9.94. The maximum absolute atomic E-state index is 12.3. The smallest absolute Gasteiger partial charge is 0.228 e. The molecule has 5 nitrogen and oxygen atoms in total. The number of rotatable bonds is 0. The third-order valence-corrected chi connectivity index (χ3v) is 2.99. The van der Waals surface area contributed by atoms with E-state index >= 15 is 0 Å². The van der Waals surface area contributed by atoms with Gasteiger partial charge in [-0.05, 0) is 0 Å². The quantitative estimate of drug-likeness (QED) is 0.711. The van der Waals surface area contributed by atoms with Crippen LogP contribution in [0.2, 0.25) is 0 Å². The molecule has 100 valence electrons. The zero-order valence-corrected chi connectivity index (χ0v) is 11.4. The van der Waals surface area contributed by atoms with E-state index in [1.807, 2.05) is 20.8 Å². The lowest BCUT2D eigenvalue weighted by molar-refractivity contribution is -0.140. The molecule has 5 heteroatoms. The van der Waals surface area contributed by atoms with Crippen LogP contribution < -0.4 is 4.74 Å². The minimum atomic E-state index is -0.426. The summed E-state index contributed by atoms with van der Waals surface area (Å²) in [6.07, 6.45) is 3.14. The lowest BCUT2D eigenvalue weighted by Gasteiger charge is -2.27. The molecule has 0 unspecified atom stereocenters. The lowest BCUT2D eigenvalue weighted by Crippen LogP contribution is -2.40. The van der Waals surface area contributed by atoms with Gasteiger partial charge in [0.05, 0.1) is 13.1 Å². The molecule has 0 atom stereocenters. The molecule has 1 aliphatic rings. The molecule has 1 aromatic rings. The first kappa shape index (κ1) is 13.3. The number of hydrogen-bond acceptors (Lipinski definition) is 4. The maximum atomic E-state index is 12.3. The van der Waals surface area contributed by atoms with Gasteiger partial charge in [-0.25, -0.2) is 0 Å². The van der Waals surface area contributed by atoms with Gasteiger partial charge < -0.3 is 9.64 Å². The Morgan fingerprint density at radius 2 is 2.21 bits per heavy atom. The number of ether oxygens (including phenoxy) is 1. The standard InChI is InChI=1S/C14H17N3O2/c1-14(2,3)13(18)17-4-5-19-12-10(6-15)7-16-8-11(12)9-17/h7-8H,4-5,9H2,1-3H3. The summed E-state index contributed by atoms with van der Waals surface area (Å²) in [6.45, 7) is 7.04. The fraction of sp³-hybridized carbons (Fsp3) is 0.500. The Morgan fingerprint density at radius 1 is 1.47 bits per heavy atom. The van der Waals surface area contributed by atoms with Crippen molar-refractivity contribution in [3.05, 3.63) is 23.5 Å². The molecule has 0 fully saturated rings. The monoisotopic (exact) mass is 259 g/mol. The Kier molecular flexibility index (Phi) is 3.43. The second-order valence-corrected chi connectivity index (χ2v) is 5.61. The first-order chi connectivity index (χ1) is 8.93. The molecule has 1 aliphatic heterocycles. The van der Waals surface area contributed by atoms with Gasteiger partial charge in [-0.15, -0.1) is 0 Å². The fourth-order valence-electron chi connectivity index (χ4n) is 2.04. The Balaban J connectivity index is 2.32. The molecule has 0 N–H and O–H groups in total. The average Bonchev–Trinajstić information content (AvgIpc) is 2.58. The van der Waals surface area contributed by atoms with Gasteiger partial charge in [-0.1, -0.05) is 20.8 Å². The van der Waals surface area contributed by atoms with Gasteiger partial charge in [-0.3, -0.25) is 9.78 Å². The highest BCUT2D eigenvalue weighted by Crippen LogP contribution is 2.28. The van der Waals surface area contributed by atoms with Crippen molar-refractivity contribution >= 4 is 5.91 Å². The number of aromatic nitrogens is 1. The van der Waals surface area contributed by atoms with Crippen LogP contribution in [0.5, 0.6) is 5.75 Å². The van der Waals surface area contributed by atoms with Crippen LogP contribution in [-0.2, 0) is 11.3 Å². The van der Waals surface area contributed by atoms with Gasteiger partial charge in [0.25, 0.3) is 0 Å². The molecule has 0 bridgehead atoms. The van der Waals surface area contributed by atoms with Gasteiger partial charge in [-0.2, -0.15) is 5.26 Å². The van der Waals surface area contributed by atoms with Gasteiger partial charge in [0.15, 0.2) is 0 Å². The number of fused-ring (bicyclic) bond motifs is 1. The van der Waals surface area contributed by atoms with Crippen molar-refractivity contribution in [3.63, 3.8) is 0 Å². The van der Waals surface area contributed by atoms with E-state index in [9.17, 15) is 4.79 Å². The molecule has 0 saturated heterocycles. The van der Waals surface area contributed by atoms with Crippen molar-refractivity contribution in [2.45, 2.75) is 27.3 Å². The minimum absolute atomic E-state index is 0.0753. The van der Waals surface area contributed by atoms with Crippen LogP contribution in [0.15, 0.2) is 12.4 Å². The van der Waals surface area contributed by atoms with E-state index in [4.69, 9.17) is 10.00 Å². The number of nitrogens with zero attached hydrogens (tertiary/aromatic N) is 3. The van der Waals surface area contributed by atoms with E-state index in [2.05, 4.69) is 11.1 Å². The van der Waals surface area contributed by atoms with E-state index in [0.717, 1.165) is 5.56 Å². The number of hydrogen-bond donors (Lipinski definition) is 0. The highest BCUT2D eigenvalue weighted by Gasteiger charge is 2.29. The van der Waals surface area contributed by atoms with Crippen LogP contribution in [0.25, 0.3) is 0 Å². The molecule has 2 rings (SSSR count). The number of carbonyl (C=O) groups is 1. The van der Waals surface area contributed by atoms with Crippen molar-refractivity contribution < 1.29 is 9.53 Å². The van der Waals surface area contributed by atoms with Crippen LogP contribution in [0.1, 0.15) is 31.9 Å². The highest BCUT2D eigenvalue weighted by atomic mass is 16.5. The zero-order valence-electron chi connectivity index (χ0n) is 11.4. The van der Waals surface area contributed by atoms with E-state index in [1.165, 1.54) is 6.20 Å². The van der Waals surface area contributed by atoms with Crippen LogP contribution >= 0.6 is 0 Å². The van der Waals surface area contributed by atoms with Crippen LogP contribution in [-0.4, -0.2) is 28.9 Å². The molecule has 0 radical (unpaired) electrons. The SMILES string of the molecule is CC(C)(C)C(=O)N1CCOc2c(C#N)cncc2C1. The van der Waals surface area contributed by atoms with E-state index in [1.54, 1.807) is 11.1 Å². The molecular weight excluding hydrogens is 242 g/mol. The summed E-state index contributed by atoms with van der Waals surface area (Å²) < 4.78 is 5.61. The second kappa shape index (κ2) is 4.88. The molecule has 0 aliphatic carbocycles. The van der Waals surface area contributed by atoms with Gasteiger partial charge >= 0.3 is 0 Å². The molecular formula is C14H17N3O2. The number of carbonyl (C=O) groups excluding carboxylic acids is 1. The summed E-state index contributed by atoms with van der Waals surface area (Å²) in [5.74, 6) is 0.632.